The number of nitrogens with zero attached hydrogens (tertiary/aromatic N) is 2. The van der Waals surface area contributed by atoms with Crippen LogP contribution in [0.1, 0.15) is 17.7 Å². The Bertz CT molecular complexity index is 852. The van der Waals surface area contributed by atoms with Crippen LogP contribution >= 0.6 is 23.3 Å². The summed E-state index contributed by atoms with van der Waals surface area (Å²) in [7, 11) is -3.58. The molecule has 0 saturated carbocycles. The molecule has 2 heterocycles. The van der Waals surface area contributed by atoms with Crippen molar-refractivity contribution in [3.05, 3.63) is 48.2 Å². The number of sulfone groups is 1. The molecule has 1 radical (unpaired) electrons. The van der Waals surface area contributed by atoms with Gasteiger partial charge in [-0.3, -0.25) is 0 Å². The summed E-state index contributed by atoms with van der Waals surface area (Å²) in [5.74, 6) is 0. The third-order valence-electron chi connectivity index (χ3n) is 3.62. The standard InChI is InChI=1S/C16H15N2O2S3/c1-12-4-3-9-18(12)22-13-5-2-6-15(10-13)23(19,20)16-8-7-14(11-17)21-16/h2,5-8,10,12H,1,3-4,9H2/t12-/m0/s1. The highest BCUT2D eigenvalue weighted by Gasteiger charge is 2.23. The van der Waals surface area contributed by atoms with Crippen LogP contribution in [0, 0.1) is 18.3 Å². The van der Waals surface area contributed by atoms with Crippen molar-refractivity contribution in [2.75, 3.05) is 6.54 Å². The summed E-state index contributed by atoms with van der Waals surface area (Å²) < 4.78 is 27.8. The Morgan fingerprint density at radius 2 is 2.17 bits per heavy atom. The predicted octanol–water partition coefficient (Wildman–Crippen LogP) is 3.76. The van der Waals surface area contributed by atoms with Crippen molar-refractivity contribution in [2.24, 2.45) is 0 Å². The lowest BCUT2D eigenvalue weighted by Crippen LogP contribution is -2.18. The second-order valence-electron chi connectivity index (χ2n) is 5.24. The quantitative estimate of drug-likeness (QED) is 0.774. The molecule has 4 nitrogen and oxygen atoms in total. The Kier molecular flexibility index (Phi) is 4.78. The van der Waals surface area contributed by atoms with E-state index < -0.39 is 9.84 Å². The van der Waals surface area contributed by atoms with Gasteiger partial charge >= 0.3 is 0 Å². The van der Waals surface area contributed by atoms with Crippen LogP contribution in [0.5, 0.6) is 0 Å². The van der Waals surface area contributed by atoms with Gasteiger partial charge in [0.05, 0.1) is 4.90 Å². The summed E-state index contributed by atoms with van der Waals surface area (Å²) >= 11 is 2.55. The van der Waals surface area contributed by atoms with Crippen LogP contribution < -0.4 is 0 Å². The highest BCUT2D eigenvalue weighted by molar-refractivity contribution is 7.97. The molecule has 1 aromatic heterocycles. The Labute approximate surface area is 144 Å². The summed E-state index contributed by atoms with van der Waals surface area (Å²) in [6, 6.07) is 12.2. The SMILES string of the molecule is [CH2][C@H]1CCCN1Sc1cccc(S(=O)(=O)c2ccc(C#N)s2)c1. The molecular weight excluding hydrogens is 348 g/mol. The second kappa shape index (κ2) is 6.65. The summed E-state index contributed by atoms with van der Waals surface area (Å²) in [6.07, 6.45) is 2.18. The second-order valence-corrected chi connectivity index (χ2v) is 9.62. The Hall–Kier alpha value is -1.33. The third-order valence-corrected chi connectivity index (χ3v) is 8.03. The van der Waals surface area contributed by atoms with Crippen LogP contribution in [0.15, 0.2) is 50.4 Å². The van der Waals surface area contributed by atoms with Crippen molar-refractivity contribution in [3.8, 4) is 6.07 Å². The maximum Gasteiger partial charge on any atom is 0.216 e. The van der Waals surface area contributed by atoms with Gasteiger partial charge in [0.15, 0.2) is 0 Å². The first-order chi connectivity index (χ1) is 11.0. The fourth-order valence-electron chi connectivity index (χ4n) is 2.40. The molecule has 1 fully saturated rings. The molecule has 1 atom stereocenters. The van der Waals surface area contributed by atoms with Crippen LogP contribution in [0.4, 0.5) is 0 Å². The Morgan fingerprint density at radius 1 is 1.35 bits per heavy atom. The molecule has 0 amide bonds. The van der Waals surface area contributed by atoms with E-state index in [4.69, 9.17) is 5.26 Å². The van der Waals surface area contributed by atoms with Gasteiger partial charge in [0.25, 0.3) is 0 Å². The van der Waals surface area contributed by atoms with Gasteiger partial charge in [-0.1, -0.05) is 6.07 Å². The zero-order valence-electron chi connectivity index (χ0n) is 12.3. The smallest absolute Gasteiger partial charge is 0.216 e. The monoisotopic (exact) mass is 363 g/mol. The fraction of sp³-hybridized carbons (Fsp3) is 0.250. The zero-order valence-corrected chi connectivity index (χ0v) is 14.8. The molecule has 1 aromatic carbocycles. The van der Waals surface area contributed by atoms with E-state index in [2.05, 4.69) is 11.2 Å². The number of rotatable bonds is 4. The number of hydrogen-bond donors (Lipinski definition) is 0. The van der Waals surface area contributed by atoms with E-state index in [0.717, 1.165) is 35.6 Å². The van der Waals surface area contributed by atoms with Crippen LogP contribution in [-0.4, -0.2) is 25.3 Å². The molecule has 3 rings (SSSR count). The molecule has 0 N–H and O–H groups in total. The first-order valence-corrected chi connectivity index (χ1v) is 10.2. The van der Waals surface area contributed by atoms with E-state index in [-0.39, 0.29) is 15.1 Å². The van der Waals surface area contributed by atoms with E-state index in [9.17, 15) is 8.42 Å². The predicted molar refractivity (Wildman–Crippen MR) is 91.9 cm³/mol. The molecule has 0 spiro atoms. The molecule has 0 unspecified atom stereocenters. The van der Waals surface area contributed by atoms with E-state index in [1.54, 1.807) is 30.1 Å². The van der Waals surface area contributed by atoms with Gasteiger partial charge in [0.1, 0.15) is 15.2 Å². The molecule has 1 saturated heterocycles. The number of nitriles is 1. The van der Waals surface area contributed by atoms with Crippen molar-refractivity contribution < 1.29 is 8.42 Å². The highest BCUT2D eigenvalue weighted by Crippen LogP contribution is 2.33. The van der Waals surface area contributed by atoms with Crippen LogP contribution in [0.3, 0.4) is 0 Å². The lowest BCUT2D eigenvalue weighted by molar-refractivity contribution is 0.502. The van der Waals surface area contributed by atoms with E-state index >= 15 is 0 Å². The zero-order chi connectivity index (χ0) is 16.4. The van der Waals surface area contributed by atoms with Crippen molar-refractivity contribution in [1.29, 1.82) is 5.26 Å². The Morgan fingerprint density at radius 3 is 2.83 bits per heavy atom. The molecule has 1 aliphatic rings. The van der Waals surface area contributed by atoms with E-state index in [1.165, 1.54) is 12.1 Å². The van der Waals surface area contributed by atoms with Gasteiger partial charge < -0.3 is 0 Å². The van der Waals surface area contributed by atoms with Gasteiger partial charge in [-0.15, -0.1) is 11.3 Å². The average Bonchev–Trinajstić information content (AvgIpc) is 3.18. The summed E-state index contributed by atoms with van der Waals surface area (Å²) in [4.78, 5) is 1.54. The first-order valence-electron chi connectivity index (χ1n) is 7.13. The van der Waals surface area contributed by atoms with Crippen molar-refractivity contribution in [2.45, 2.75) is 32.9 Å². The molecular formula is C16H15N2O2S3. The molecule has 0 aliphatic carbocycles. The van der Waals surface area contributed by atoms with Gasteiger partial charge in [0, 0.05) is 17.5 Å². The van der Waals surface area contributed by atoms with Gasteiger partial charge in [-0.2, -0.15) is 5.26 Å². The maximum atomic E-state index is 12.7. The van der Waals surface area contributed by atoms with E-state index in [0.29, 0.717) is 4.88 Å². The average molecular weight is 364 g/mol. The summed E-state index contributed by atoms with van der Waals surface area (Å²) in [5, 5.41) is 8.87. The summed E-state index contributed by atoms with van der Waals surface area (Å²) in [6.45, 7) is 5.07. The Balaban J connectivity index is 1.88. The van der Waals surface area contributed by atoms with Gasteiger partial charge in [0.2, 0.25) is 9.84 Å². The van der Waals surface area contributed by atoms with Crippen LogP contribution in [0.25, 0.3) is 0 Å². The van der Waals surface area contributed by atoms with Crippen LogP contribution in [-0.2, 0) is 9.84 Å². The molecule has 119 valence electrons. The highest BCUT2D eigenvalue weighted by atomic mass is 32.2. The number of thiophene rings is 1. The summed E-state index contributed by atoms with van der Waals surface area (Å²) in [5.41, 5.74) is 0. The number of hydrogen-bond acceptors (Lipinski definition) is 6. The third kappa shape index (κ3) is 3.45. The molecule has 1 aliphatic heterocycles. The van der Waals surface area contributed by atoms with Crippen molar-refractivity contribution in [3.63, 3.8) is 0 Å². The minimum absolute atomic E-state index is 0.201. The molecule has 2 aromatic rings. The van der Waals surface area contributed by atoms with Gasteiger partial charge in [-0.25, -0.2) is 12.7 Å². The minimum Gasteiger partial charge on any atom is -0.243 e. The molecule has 23 heavy (non-hydrogen) atoms. The fourth-order valence-corrected chi connectivity index (χ4v) is 6.09. The van der Waals surface area contributed by atoms with Gasteiger partial charge in [-0.05, 0) is 62.0 Å². The lowest BCUT2D eigenvalue weighted by atomic mass is 10.3. The molecule has 7 heteroatoms. The van der Waals surface area contributed by atoms with E-state index in [1.807, 2.05) is 12.1 Å². The minimum atomic E-state index is -3.58. The first kappa shape index (κ1) is 16.5. The largest absolute Gasteiger partial charge is 0.243 e. The molecule has 0 bridgehead atoms. The maximum absolute atomic E-state index is 12.7. The topological polar surface area (TPSA) is 61.2 Å². The van der Waals surface area contributed by atoms with Crippen LogP contribution in [0.2, 0.25) is 0 Å². The normalized spacial score (nSPS) is 18.9. The van der Waals surface area contributed by atoms with Crippen molar-refractivity contribution >= 4 is 33.1 Å². The van der Waals surface area contributed by atoms with Crippen molar-refractivity contribution in [1.82, 2.24) is 4.31 Å². The lowest BCUT2D eigenvalue weighted by Gasteiger charge is -2.19. The number of benzene rings is 1.